The van der Waals surface area contributed by atoms with Gasteiger partial charge in [0, 0.05) is 32.6 Å². The third-order valence-electron chi connectivity index (χ3n) is 9.04. The summed E-state index contributed by atoms with van der Waals surface area (Å²) in [5, 5.41) is 0.569. The molecule has 1 saturated heterocycles. The number of hydrogen-bond acceptors (Lipinski definition) is 11. The molecule has 2 heterocycles. The van der Waals surface area contributed by atoms with Crippen LogP contribution in [0, 0.1) is 0 Å². The van der Waals surface area contributed by atoms with Gasteiger partial charge in [0.2, 0.25) is 0 Å². The molecule has 3 aromatic rings. The van der Waals surface area contributed by atoms with E-state index in [1.54, 1.807) is 18.1 Å². The number of methoxy groups -OCH3 is 2. The number of para-hydroxylation sites is 1. The van der Waals surface area contributed by atoms with Gasteiger partial charge in [0.25, 0.3) is 0 Å². The van der Waals surface area contributed by atoms with E-state index in [9.17, 15) is 9.59 Å². The van der Waals surface area contributed by atoms with E-state index >= 15 is 0 Å². The van der Waals surface area contributed by atoms with Gasteiger partial charge in [-0.05, 0) is 74.7 Å². The monoisotopic (exact) mass is 768 g/mol. The standard InChI is InChI=1S/C41H53ClN2O10/c1-41(2,3)54-40(46)44-25-36(52-27-29-12-17-35-33(24-29)43(19-23-51-35)18-8-20-47-4)39(37(26-44)53-28-38(45)48-5)30-13-15-31(16-14-30)49-21-9-22-50-34-11-7-6-10-32(34)42/h6-7,10-17,24,36-37,39H,8-9,18-23,25-28H2,1-5H3/t36-,37+,39+/m0/s1. The van der Waals surface area contributed by atoms with Crippen LogP contribution in [-0.4, -0.2) is 108 Å². The number of esters is 1. The molecule has 1 fully saturated rings. The zero-order chi connectivity index (χ0) is 38.5. The highest BCUT2D eigenvalue weighted by Crippen LogP contribution is 2.37. The Morgan fingerprint density at radius 1 is 0.889 bits per heavy atom. The lowest BCUT2D eigenvalue weighted by atomic mass is 9.84. The molecule has 2 aliphatic heterocycles. The van der Waals surface area contributed by atoms with Crippen molar-refractivity contribution in [3.63, 3.8) is 0 Å². The number of piperidine rings is 1. The Morgan fingerprint density at radius 3 is 2.35 bits per heavy atom. The fourth-order valence-corrected chi connectivity index (χ4v) is 6.64. The normalized spacial score (nSPS) is 18.4. The first-order chi connectivity index (χ1) is 26.0. The van der Waals surface area contributed by atoms with Crippen molar-refractivity contribution in [2.24, 2.45) is 0 Å². The van der Waals surface area contributed by atoms with Crippen molar-refractivity contribution >= 4 is 29.4 Å². The SMILES string of the molecule is COCCCN1CCOc2ccc(CO[C@H]3CN(C(=O)OC(C)(C)C)C[C@@H](OCC(=O)OC)[C@@H]3c3ccc(OCCCOc4ccccc4Cl)cc3)cc21. The molecule has 3 aromatic carbocycles. The van der Waals surface area contributed by atoms with Crippen molar-refractivity contribution in [1.82, 2.24) is 4.90 Å². The molecule has 3 atom stereocenters. The van der Waals surface area contributed by atoms with Crippen LogP contribution in [0.2, 0.25) is 5.02 Å². The number of ether oxygens (including phenoxy) is 8. The average molecular weight is 769 g/mol. The van der Waals surface area contributed by atoms with E-state index in [0.29, 0.717) is 49.4 Å². The molecule has 12 nitrogen and oxygen atoms in total. The van der Waals surface area contributed by atoms with Crippen LogP contribution in [0.5, 0.6) is 17.2 Å². The molecular formula is C41H53ClN2O10. The second kappa shape index (κ2) is 19.9. The second-order valence-corrected chi connectivity index (χ2v) is 14.6. The van der Waals surface area contributed by atoms with Crippen molar-refractivity contribution in [3.8, 4) is 17.2 Å². The van der Waals surface area contributed by atoms with Gasteiger partial charge in [0.1, 0.15) is 36.1 Å². The van der Waals surface area contributed by atoms with Gasteiger partial charge in [-0.25, -0.2) is 9.59 Å². The van der Waals surface area contributed by atoms with Crippen LogP contribution >= 0.6 is 11.6 Å². The first kappa shape index (κ1) is 40.9. The molecule has 0 N–H and O–H groups in total. The van der Waals surface area contributed by atoms with E-state index in [2.05, 4.69) is 11.0 Å². The Bertz CT molecular complexity index is 1650. The van der Waals surface area contributed by atoms with E-state index in [4.69, 9.17) is 49.5 Å². The molecule has 1 amide bonds. The molecule has 0 radical (unpaired) electrons. The Labute approximate surface area is 323 Å². The fourth-order valence-electron chi connectivity index (χ4n) is 6.45. The number of nitrogens with zero attached hydrogens (tertiary/aromatic N) is 2. The minimum Gasteiger partial charge on any atom is -0.493 e. The summed E-state index contributed by atoms with van der Waals surface area (Å²) in [6.45, 7) is 9.73. The van der Waals surface area contributed by atoms with Crippen molar-refractivity contribution in [2.45, 2.75) is 63.9 Å². The molecule has 2 aliphatic rings. The topological polar surface area (TPSA) is 114 Å². The number of fused-ring (bicyclic) bond motifs is 1. The van der Waals surface area contributed by atoms with Crippen molar-refractivity contribution in [3.05, 3.63) is 82.9 Å². The summed E-state index contributed by atoms with van der Waals surface area (Å²) in [6.07, 6.45) is -0.0589. The van der Waals surface area contributed by atoms with Crippen LogP contribution in [0.3, 0.4) is 0 Å². The number of carbonyl (C=O) groups excluding carboxylic acids is 2. The Hall–Kier alpha value is -4.23. The molecule has 0 spiro atoms. The summed E-state index contributed by atoms with van der Waals surface area (Å²) < 4.78 is 46.6. The second-order valence-electron chi connectivity index (χ2n) is 14.2. The van der Waals surface area contributed by atoms with E-state index in [0.717, 1.165) is 42.1 Å². The highest BCUT2D eigenvalue weighted by molar-refractivity contribution is 6.32. The van der Waals surface area contributed by atoms with Gasteiger partial charge in [0.05, 0.1) is 69.5 Å². The predicted octanol–water partition coefficient (Wildman–Crippen LogP) is 6.90. The van der Waals surface area contributed by atoms with Gasteiger partial charge >= 0.3 is 12.1 Å². The third-order valence-corrected chi connectivity index (χ3v) is 9.35. The quantitative estimate of drug-likeness (QED) is 0.106. The lowest BCUT2D eigenvalue weighted by molar-refractivity contribution is -0.152. The molecule has 54 heavy (non-hydrogen) atoms. The number of amides is 1. The van der Waals surface area contributed by atoms with Crippen molar-refractivity contribution in [1.29, 1.82) is 0 Å². The number of carbonyl (C=O) groups is 2. The molecule has 294 valence electrons. The number of hydrogen-bond donors (Lipinski definition) is 0. The third kappa shape index (κ3) is 11.9. The zero-order valence-corrected chi connectivity index (χ0v) is 32.7. The summed E-state index contributed by atoms with van der Waals surface area (Å²) in [6, 6.07) is 21.2. The summed E-state index contributed by atoms with van der Waals surface area (Å²) >= 11 is 6.19. The number of halogens is 1. The van der Waals surface area contributed by atoms with Crippen LogP contribution in [0.4, 0.5) is 10.5 Å². The fraction of sp³-hybridized carbons (Fsp3) is 0.512. The maximum atomic E-state index is 13.5. The Morgan fingerprint density at radius 2 is 1.63 bits per heavy atom. The maximum Gasteiger partial charge on any atom is 0.410 e. The summed E-state index contributed by atoms with van der Waals surface area (Å²) in [7, 11) is 3.02. The number of rotatable bonds is 17. The van der Waals surface area contributed by atoms with Crippen LogP contribution in [0.15, 0.2) is 66.7 Å². The molecule has 0 aliphatic carbocycles. The van der Waals surface area contributed by atoms with Gasteiger partial charge in [-0.3, -0.25) is 0 Å². The number of likely N-dealkylation sites (tertiary alicyclic amines) is 1. The van der Waals surface area contributed by atoms with Crippen LogP contribution in [0.25, 0.3) is 0 Å². The first-order valence-corrected chi connectivity index (χ1v) is 18.8. The van der Waals surface area contributed by atoms with Gasteiger partial charge in [-0.15, -0.1) is 0 Å². The van der Waals surface area contributed by atoms with Gasteiger partial charge in [0.15, 0.2) is 0 Å². The molecule has 5 rings (SSSR count). The lowest BCUT2D eigenvalue weighted by Crippen LogP contribution is -2.55. The predicted molar refractivity (Wildman–Crippen MR) is 205 cm³/mol. The summed E-state index contributed by atoms with van der Waals surface area (Å²) in [5.41, 5.74) is 2.18. The number of anilines is 1. The van der Waals surface area contributed by atoms with Gasteiger partial charge in [-0.2, -0.15) is 0 Å². The summed E-state index contributed by atoms with van der Waals surface area (Å²) in [5.74, 6) is 1.30. The molecule has 0 bridgehead atoms. The average Bonchev–Trinajstić information content (AvgIpc) is 3.16. The van der Waals surface area contributed by atoms with Gasteiger partial charge in [-0.1, -0.05) is 41.9 Å². The lowest BCUT2D eigenvalue weighted by Gasteiger charge is -2.43. The molecule has 0 unspecified atom stereocenters. The highest BCUT2D eigenvalue weighted by Gasteiger charge is 2.42. The van der Waals surface area contributed by atoms with Crippen LogP contribution in [-0.2, 0) is 35.1 Å². The smallest absolute Gasteiger partial charge is 0.410 e. The minimum absolute atomic E-state index is 0.187. The van der Waals surface area contributed by atoms with Crippen molar-refractivity contribution in [2.75, 3.05) is 78.3 Å². The molecule has 13 heteroatoms. The molecule has 0 saturated carbocycles. The van der Waals surface area contributed by atoms with Crippen LogP contribution < -0.4 is 19.1 Å². The maximum absolute atomic E-state index is 13.5. The number of benzene rings is 3. The summed E-state index contributed by atoms with van der Waals surface area (Å²) in [4.78, 5) is 29.6. The highest BCUT2D eigenvalue weighted by atomic mass is 35.5. The minimum atomic E-state index is -0.705. The van der Waals surface area contributed by atoms with Gasteiger partial charge < -0.3 is 47.7 Å². The Kier molecular flexibility index (Phi) is 15.1. The molecular weight excluding hydrogens is 716 g/mol. The van der Waals surface area contributed by atoms with Crippen molar-refractivity contribution < 1.29 is 47.5 Å². The van der Waals surface area contributed by atoms with Crippen LogP contribution in [0.1, 0.15) is 50.7 Å². The first-order valence-electron chi connectivity index (χ1n) is 18.4. The Balaban J connectivity index is 1.33. The van der Waals surface area contributed by atoms with E-state index in [-0.39, 0.29) is 32.2 Å². The zero-order valence-electron chi connectivity index (χ0n) is 31.9. The van der Waals surface area contributed by atoms with E-state index in [1.807, 2.05) is 75.4 Å². The van der Waals surface area contributed by atoms with E-state index in [1.165, 1.54) is 7.11 Å². The van der Waals surface area contributed by atoms with E-state index < -0.39 is 29.9 Å². The largest absolute Gasteiger partial charge is 0.493 e. The molecule has 0 aromatic heterocycles.